The topological polar surface area (TPSA) is 70.4 Å². The number of aryl methyl sites for hydroxylation is 1. The minimum absolute atomic E-state index is 0.596. The number of unbranched alkanes of at least 4 members (excludes halogenated alkanes) is 2. The van der Waals surface area contributed by atoms with Gasteiger partial charge in [-0.1, -0.05) is 33.6 Å². The highest BCUT2D eigenvalue weighted by molar-refractivity contribution is 5.79. The Hall–Kier alpha value is -1.63. The van der Waals surface area contributed by atoms with Crippen molar-refractivity contribution in [2.75, 3.05) is 32.7 Å². The van der Waals surface area contributed by atoms with Crippen LogP contribution in [0.1, 0.15) is 58.7 Å². The van der Waals surface area contributed by atoms with E-state index in [4.69, 9.17) is 4.99 Å². The minimum Gasteiger partial charge on any atom is -0.356 e. The summed E-state index contributed by atoms with van der Waals surface area (Å²) in [7, 11) is 0. The molecule has 0 aromatic carbocycles. The predicted octanol–water partition coefficient (Wildman–Crippen LogP) is 2.05. The molecule has 1 atom stereocenters. The lowest BCUT2D eigenvalue weighted by Crippen LogP contribution is -2.41. The zero-order chi connectivity index (χ0) is 18.6. The molecule has 7 nitrogen and oxygen atoms in total. The van der Waals surface area contributed by atoms with Gasteiger partial charge in [0, 0.05) is 32.1 Å². The van der Waals surface area contributed by atoms with E-state index in [9.17, 15) is 0 Å². The number of rotatable bonds is 11. The first-order valence-electron chi connectivity index (χ1n) is 10.4. The fraction of sp³-hybridized carbons (Fsp3) is 0.842. The molecule has 1 aliphatic heterocycles. The molecule has 2 N–H and O–H groups in total. The average Bonchev–Trinajstić information content (AvgIpc) is 3.31. The Labute approximate surface area is 158 Å². The summed E-state index contributed by atoms with van der Waals surface area (Å²) >= 11 is 0. The molecular weight excluding hydrogens is 326 g/mol. The quantitative estimate of drug-likeness (QED) is 0.358. The number of likely N-dealkylation sites (N-methyl/N-ethyl adjacent to an activating group) is 1. The summed E-state index contributed by atoms with van der Waals surface area (Å²) in [5, 5.41) is 15.1. The lowest BCUT2D eigenvalue weighted by Gasteiger charge is -2.21. The zero-order valence-electron chi connectivity index (χ0n) is 16.9. The molecule has 148 valence electrons. The van der Waals surface area contributed by atoms with Gasteiger partial charge in [-0.25, -0.2) is 0 Å². The Morgan fingerprint density at radius 3 is 2.85 bits per heavy atom. The van der Waals surface area contributed by atoms with E-state index in [0.29, 0.717) is 6.04 Å². The van der Waals surface area contributed by atoms with Crippen molar-refractivity contribution in [1.29, 1.82) is 0 Å². The molecule has 1 aromatic rings. The van der Waals surface area contributed by atoms with Crippen molar-refractivity contribution in [2.24, 2.45) is 4.99 Å². The first-order valence-corrected chi connectivity index (χ1v) is 10.4. The van der Waals surface area contributed by atoms with Gasteiger partial charge < -0.3 is 15.2 Å². The largest absolute Gasteiger partial charge is 0.356 e. The van der Waals surface area contributed by atoms with Crippen molar-refractivity contribution in [3.63, 3.8) is 0 Å². The lowest BCUT2D eigenvalue weighted by molar-refractivity contribution is 0.273. The summed E-state index contributed by atoms with van der Waals surface area (Å²) in [4.78, 5) is 7.42. The van der Waals surface area contributed by atoms with E-state index >= 15 is 0 Å². The van der Waals surface area contributed by atoms with Crippen molar-refractivity contribution in [2.45, 2.75) is 71.9 Å². The second-order valence-electron chi connectivity index (χ2n) is 6.97. The number of hydrogen-bond acceptors (Lipinski definition) is 4. The molecule has 0 aliphatic carbocycles. The molecular formula is C19H37N7. The van der Waals surface area contributed by atoms with Crippen LogP contribution in [-0.2, 0) is 13.0 Å². The number of aliphatic imine (C=N–C) groups is 1. The minimum atomic E-state index is 0.596. The van der Waals surface area contributed by atoms with Crippen LogP contribution >= 0.6 is 0 Å². The monoisotopic (exact) mass is 363 g/mol. The molecule has 1 saturated heterocycles. The van der Waals surface area contributed by atoms with Crippen molar-refractivity contribution >= 4 is 5.96 Å². The molecule has 26 heavy (non-hydrogen) atoms. The number of nitrogens with zero attached hydrogens (tertiary/aromatic N) is 5. The number of aromatic nitrogens is 3. The van der Waals surface area contributed by atoms with Crippen LogP contribution < -0.4 is 10.6 Å². The molecule has 0 spiro atoms. The first kappa shape index (κ1) is 20.7. The number of likely N-dealkylation sites (tertiary alicyclic amines) is 1. The van der Waals surface area contributed by atoms with Gasteiger partial charge in [0.15, 0.2) is 5.96 Å². The van der Waals surface area contributed by atoms with Crippen LogP contribution in [0.4, 0.5) is 0 Å². The third kappa shape index (κ3) is 6.59. The molecule has 1 aliphatic rings. The summed E-state index contributed by atoms with van der Waals surface area (Å²) in [5.74, 6) is 1.97. The van der Waals surface area contributed by atoms with E-state index in [-0.39, 0.29) is 0 Å². The first-order chi connectivity index (χ1) is 12.8. The fourth-order valence-corrected chi connectivity index (χ4v) is 3.51. The molecule has 0 radical (unpaired) electrons. The SMILES string of the molecule is CCCCCNC(=NCC1CCCN1CC)NCCn1cnnc1CC. The van der Waals surface area contributed by atoms with Gasteiger partial charge in [-0.05, 0) is 32.4 Å². The van der Waals surface area contributed by atoms with Crippen LogP contribution in [0, 0.1) is 0 Å². The van der Waals surface area contributed by atoms with Crippen molar-refractivity contribution < 1.29 is 0 Å². The van der Waals surface area contributed by atoms with Crippen molar-refractivity contribution in [3.05, 3.63) is 12.2 Å². The van der Waals surface area contributed by atoms with Crippen LogP contribution in [0.5, 0.6) is 0 Å². The maximum Gasteiger partial charge on any atom is 0.191 e. The number of hydrogen-bond donors (Lipinski definition) is 2. The summed E-state index contributed by atoms with van der Waals surface area (Å²) in [6, 6.07) is 0.596. The maximum absolute atomic E-state index is 4.88. The van der Waals surface area contributed by atoms with Gasteiger partial charge in [0.05, 0.1) is 6.54 Å². The summed E-state index contributed by atoms with van der Waals surface area (Å²) < 4.78 is 2.11. The molecule has 0 amide bonds. The normalized spacial score (nSPS) is 18.4. The lowest BCUT2D eigenvalue weighted by atomic mass is 10.2. The molecule has 2 heterocycles. The van der Waals surface area contributed by atoms with Crippen LogP contribution in [0.15, 0.2) is 11.3 Å². The van der Waals surface area contributed by atoms with E-state index in [1.807, 2.05) is 6.33 Å². The standard InChI is InChI=1S/C19H37N7/c1-4-7-8-11-20-19(22-15-17-10-9-13-25(17)6-3)21-12-14-26-16-23-24-18(26)5-2/h16-17H,4-15H2,1-3H3,(H2,20,21,22). The van der Waals surface area contributed by atoms with Crippen molar-refractivity contribution in [1.82, 2.24) is 30.3 Å². The Morgan fingerprint density at radius 2 is 2.08 bits per heavy atom. The zero-order valence-corrected chi connectivity index (χ0v) is 16.9. The van der Waals surface area contributed by atoms with E-state index in [1.54, 1.807) is 0 Å². The highest BCUT2D eigenvalue weighted by atomic mass is 15.3. The second-order valence-corrected chi connectivity index (χ2v) is 6.97. The maximum atomic E-state index is 4.88. The van der Waals surface area contributed by atoms with Crippen LogP contribution in [0.25, 0.3) is 0 Å². The van der Waals surface area contributed by atoms with Crippen LogP contribution in [0.2, 0.25) is 0 Å². The van der Waals surface area contributed by atoms with E-state index < -0.39 is 0 Å². The van der Waals surface area contributed by atoms with Gasteiger partial charge in [0.1, 0.15) is 12.2 Å². The van der Waals surface area contributed by atoms with Gasteiger partial charge in [0.2, 0.25) is 0 Å². The third-order valence-electron chi connectivity index (χ3n) is 5.10. The molecule has 1 aromatic heterocycles. The average molecular weight is 364 g/mol. The highest BCUT2D eigenvalue weighted by Crippen LogP contribution is 2.16. The summed E-state index contributed by atoms with van der Waals surface area (Å²) in [5.41, 5.74) is 0. The third-order valence-corrected chi connectivity index (χ3v) is 5.10. The molecule has 2 rings (SSSR count). The molecule has 1 fully saturated rings. The Morgan fingerprint density at radius 1 is 1.23 bits per heavy atom. The van der Waals surface area contributed by atoms with E-state index in [2.05, 4.69) is 51.1 Å². The Balaban J connectivity index is 1.84. The predicted molar refractivity (Wildman–Crippen MR) is 108 cm³/mol. The second kappa shape index (κ2) is 11.9. The number of nitrogens with one attached hydrogen (secondary N) is 2. The summed E-state index contributed by atoms with van der Waals surface area (Å²) in [6.45, 7) is 12.5. The summed E-state index contributed by atoms with van der Waals surface area (Å²) in [6.07, 6.45) is 8.96. The van der Waals surface area contributed by atoms with Gasteiger partial charge >= 0.3 is 0 Å². The fourth-order valence-electron chi connectivity index (χ4n) is 3.51. The van der Waals surface area contributed by atoms with E-state index in [1.165, 1.54) is 38.6 Å². The molecule has 0 saturated carbocycles. The van der Waals surface area contributed by atoms with E-state index in [0.717, 1.165) is 50.9 Å². The van der Waals surface area contributed by atoms with Crippen molar-refractivity contribution in [3.8, 4) is 0 Å². The van der Waals surface area contributed by atoms with Gasteiger partial charge in [0.25, 0.3) is 0 Å². The smallest absolute Gasteiger partial charge is 0.191 e. The number of guanidine groups is 1. The van der Waals surface area contributed by atoms with Gasteiger partial charge in [-0.2, -0.15) is 0 Å². The molecule has 1 unspecified atom stereocenters. The Bertz CT molecular complexity index is 526. The van der Waals surface area contributed by atoms with Gasteiger partial charge in [-0.3, -0.25) is 9.89 Å². The molecule has 7 heteroatoms. The Kier molecular flexibility index (Phi) is 9.45. The highest BCUT2D eigenvalue weighted by Gasteiger charge is 2.22. The van der Waals surface area contributed by atoms with Crippen LogP contribution in [-0.4, -0.2) is 64.4 Å². The van der Waals surface area contributed by atoms with Gasteiger partial charge in [-0.15, -0.1) is 10.2 Å². The van der Waals surface area contributed by atoms with Crippen LogP contribution in [0.3, 0.4) is 0 Å². The molecule has 0 bridgehead atoms.